The van der Waals surface area contributed by atoms with E-state index in [9.17, 15) is 0 Å². The highest BCUT2D eigenvalue weighted by Crippen LogP contribution is 2.03. The highest BCUT2D eigenvalue weighted by Gasteiger charge is 2.00. The number of hydrogen-bond acceptors (Lipinski definition) is 1. The van der Waals surface area contributed by atoms with E-state index < -0.39 is 0 Å². The summed E-state index contributed by atoms with van der Waals surface area (Å²) in [5.74, 6) is 0. The van der Waals surface area contributed by atoms with Crippen LogP contribution in [0.1, 0.15) is 12.8 Å². The zero-order valence-electron chi connectivity index (χ0n) is 3.65. The third-order valence-corrected chi connectivity index (χ3v) is 0.954. The molecule has 0 aromatic carbocycles. The Hall–Kier alpha value is -0.300. The molecule has 0 fully saturated rings. The standard InChI is InChI=1S/C5H8N/c6-5-3-1-2-4-5/h1,5H,2,4,6H2. The van der Waals surface area contributed by atoms with Crippen LogP contribution in [0.25, 0.3) is 0 Å². The maximum atomic E-state index is 5.39. The smallest absolute Gasteiger partial charge is 0.0297 e. The topological polar surface area (TPSA) is 26.0 Å². The third-order valence-electron chi connectivity index (χ3n) is 0.954. The van der Waals surface area contributed by atoms with Crippen molar-refractivity contribution < 1.29 is 0 Å². The van der Waals surface area contributed by atoms with Gasteiger partial charge in [-0.3, -0.25) is 0 Å². The molecule has 0 saturated heterocycles. The normalized spacial score (nSPS) is 31.8. The van der Waals surface area contributed by atoms with Gasteiger partial charge in [0.15, 0.2) is 0 Å². The molecule has 1 unspecified atom stereocenters. The maximum Gasteiger partial charge on any atom is 0.0297 e. The number of allylic oxidation sites excluding steroid dienone is 1. The van der Waals surface area contributed by atoms with Crippen LogP contribution >= 0.6 is 0 Å². The van der Waals surface area contributed by atoms with E-state index >= 15 is 0 Å². The molecule has 6 heavy (non-hydrogen) atoms. The fraction of sp³-hybridized carbons (Fsp3) is 0.600. The number of nitrogens with two attached hydrogens (primary N) is 1. The van der Waals surface area contributed by atoms with Gasteiger partial charge in [0, 0.05) is 6.04 Å². The lowest BCUT2D eigenvalue weighted by molar-refractivity contribution is 0.769. The average Bonchev–Trinajstić information content (AvgIpc) is 1.86. The van der Waals surface area contributed by atoms with Crippen LogP contribution in [0.15, 0.2) is 6.08 Å². The minimum atomic E-state index is 0.241. The molecule has 0 saturated carbocycles. The molecule has 2 N–H and O–H groups in total. The first-order chi connectivity index (χ1) is 2.89. The third kappa shape index (κ3) is 0.601. The van der Waals surface area contributed by atoms with E-state index in [1.165, 1.54) is 0 Å². The largest absolute Gasteiger partial charge is 0.324 e. The summed E-state index contributed by atoms with van der Waals surface area (Å²) in [5.41, 5.74) is 5.39. The molecule has 0 bridgehead atoms. The van der Waals surface area contributed by atoms with Crippen molar-refractivity contribution in [3.05, 3.63) is 12.2 Å². The number of rotatable bonds is 0. The zero-order valence-corrected chi connectivity index (χ0v) is 3.65. The van der Waals surface area contributed by atoms with Crippen LogP contribution in [0.5, 0.6) is 0 Å². The van der Waals surface area contributed by atoms with Crippen molar-refractivity contribution in [2.75, 3.05) is 0 Å². The molecule has 0 aromatic rings. The molecule has 1 nitrogen and oxygen atoms in total. The molecule has 33 valence electrons. The van der Waals surface area contributed by atoms with Gasteiger partial charge in [-0.2, -0.15) is 0 Å². The van der Waals surface area contributed by atoms with Crippen molar-refractivity contribution in [3.63, 3.8) is 0 Å². The van der Waals surface area contributed by atoms with Crippen molar-refractivity contribution in [3.8, 4) is 0 Å². The first-order valence-corrected chi connectivity index (χ1v) is 2.23. The first-order valence-electron chi connectivity index (χ1n) is 2.23. The van der Waals surface area contributed by atoms with Crippen molar-refractivity contribution in [2.45, 2.75) is 18.9 Å². The molecular weight excluding hydrogens is 74.1 g/mol. The molecule has 0 aliphatic heterocycles. The van der Waals surface area contributed by atoms with Crippen LogP contribution in [-0.2, 0) is 0 Å². The SMILES string of the molecule is NC1[C]=CCC1. The van der Waals surface area contributed by atoms with E-state index in [1.54, 1.807) is 0 Å². The molecular formula is C5H8N. The quantitative estimate of drug-likeness (QED) is 0.451. The molecule has 1 aliphatic carbocycles. The maximum absolute atomic E-state index is 5.39. The van der Waals surface area contributed by atoms with Gasteiger partial charge in [0.25, 0.3) is 0 Å². The van der Waals surface area contributed by atoms with E-state index in [4.69, 9.17) is 5.73 Å². The van der Waals surface area contributed by atoms with Crippen molar-refractivity contribution >= 4 is 0 Å². The van der Waals surface area contributed by atoms with E-state index in [0.29, 0.717) is 0 Å². The Morgan fingerprint density at radius 1 is 1.83 bits per heavy atom. The fourth-order valence-electron chi connectivity index (χ4n) is 0.581. The van der Waals surface area contributed by atoms with Gasteiger partial charge >= 0.3 is 0 Å². The molecule has 1 rings (SSSR count). The van der Waals surface area contributed by atoms with Crippen molar-refractivity contribution in [2.24, 2.45) is 5.73 Å². The van der Waals surface area contributed by atoms with Gasteiger partial charge in [-0.1, -0.05) is 6.08 Å². The minimum Gasteiger partial charge on any atom is -0.324 e. The highest BCUT2D eigenvalue weighted by atomic mass is 14.6. The van der Waals surface area contributed by atoms with Crippen LogP contribution < -0.4 is 5.73 Å². The van der Waals surface area contributed by atoms with Crippen LogP contribution in [-0.4, -0.2) is 6.04 Å². The molecule has 0 amide bonds. The Morgan fingerprint density at radius 3 is 2.83 bits per heavy atom. The second kappa shape index (κ2) is 1.43. The van der Waals surface area contributed by atoms with Gasteiger partial charge in [0.05, 0.1) is 0 Å². The fourth-order valence-corrected chi connectivity index (χ4v) is 0.581. The summed E-state index contributed by atoms with van der Waals surface area (Å²) in [6.45, 7) is 0. The minimum absolute atomic E-state index is 0.241. The monoisotopic (exact) mass is 82.1 g/mol. The first kappa shape index (κ1) is 3.88. The second-order valence-electron chi connectivity index (χ2n) is 1.55. The van der Waals surface area contributed by atoms with Crippen LogP contribution in [0, 0.1) is 6.08 Å². The predicted octanol–water partition coefficient (Wildman–Crippen LogP) is 0.467. The second-order valence-corrected chi connectivity index (χ2v) is 1.55. The van der Waals surface area contributed by atoms with Crippen LogP contribution in [0.2, 0.25) is 0 Å². The summed E-state index contributed by atoms with van der Waals surface area (Å²) in [7, 11) is 0. The zero-order chi connectivity index (χ0) is 4.41. The van der Waals surface area contributed by atoms with E-state index in [0.717, 1.165) is 12.8 Å². The molecule has 1 heteroatoms. The van der Waals surface area contributed by atoms with Gasteiger partial charge in [-0.25, -0.2) is 0 Å². The lowest BCUT2D eigenvalue weighted by Gasteiger charge is -1.89. The molecule has 0 aromatic heterocycles. The number of hydrogen-bond donors (Lipinski definition) is 1. The summed E-state index contributed by atoms with van der Waals surface area (Å²) in [5, 5.41) is 0. The van der Waals surface area contributed by atoms with Gasteiger partial charge in [-0.05, 0) is 18.9 Å². The van der Waals surface area contributed by atoms with E-state index in [2.05, 4.69) is 6.08 Å². The van der Waals surface area contributed by atoms with Gasteiger partial charge in [-0.15, -0.1) is 0 Å². The average molecular weight is 82.1 g/mol. The van der Waals surface area contributed by atoms with Gasteiger partial charge in [0.2, 0.25) is 0 Å². The molecule has 0 heterocycles. The summed E-state index contributed by atoms with van der Waals surface area (Å²) in [6, 6.07) is 0.241. The molecule has 0 spiro atoms. The van der Waals surface area contributed by atoms with Crippen LogP contribution in [0.3, 0.4) is 0 Å². The van der Waals surface area contributed by atoms with Crippen LogP contribution in [0.4, 0.5) is 0 Å². The molecule has 1 atom stereocenters. The van der Waals surface area contributed by atoms with Gasteiger partial charge in [0.1, 0.15) is 0 Å². The summed E-state index contributed by atoms with van der Waals surface area (Å²) in [4.78, 5) is 0. The molecule has 1 radical (unpaired) electrons. The lowest BCUT2D eigenvalue weighted by atomic mass is 10.3. The summed E-state index contributed by atoms with van der Waals surface area (Å²) >= 11 is 0. The lowest BCUT2D eigenvalue weighted by Crippen LogP contribution is -2.12. The summed E-state index contributed by atoms with van der Waals surface area (Å²) in [6.07, 6.45) is 7.20. The van der Waals surface area contributed by atoms with Gasteiger partial charge < -0.3 is 5.73 Å². The molecule has 1 aliphatic rings. The Balaban J connectivity index is 2.38. The van der Waals surface area contributed by atoms with E-state index in [1.807, 2.05) is 6.08 Å². The Kier molecular flexibility index (Phi) is 0.926. The van der Waals surface area contributed by atoms with E-state index in [-0.39, 0.29) is 6.04 Å². The highest BCUT2D eigenvalue weighted by molar-refractivity contribution is 4.91. The Bertz CT molecular complexity index is 66.3. The summed E-state index contributed by atoms with van der Waals surface area (Å²) < 4.78 is 0. The Labute approximate surface area is 37.8 Å². The van der Waals surface area contributed by atoms with Crippen molar-refractivity contribution in [1.29, 1.82) is 0 Å². The van der Waals surface area contributed by atoms with Crippen molar-refractivity contribution in [1.82, 2.24) is 0 Å². The Morgan fingerprint density at radius 2 is 2.67 bits per heavy atom. The predicted molar refractivity (Wildman–Crippen MR) is 25.0 cm³/mol.